The molecule has 2 rings (SSSR count). The molecule has 0 aliphatic heterocycles. The Morgan fingerprint density at radius 2 is 1.94 bits per heavy atom. The molecule has 0 radical (unpaired) electrons. The number of phenols is 1. The number of aromatic hydroxyl groups is 1. The van der Waals surface area contributed by atoms with Crippen molar-refractivity contribution in [1.29, 1.82) is 0 Å². The quantitative estimate of drug-likeness (QED) is 0.854. The van der Waals surface area contributed by atoms with E-state index < -0.39 is 11.7 Å². The average molecular weight is 245 g/mol. The predicted octanol–water partition coefficient (Wildman–Crippen LogP) is 3.09. The van der Waals surface area contributed by atoms with E-state index in [4.69, 9.17) is 0 Å². The third kappa shape index (κ3) is 2.48. The van der Waals surface area contributed by atoms with E-state index in [1.54, 1.807) is 31.2 Å². The molecule has 92 valence electrons. The number of anilines is 1. The van der Waals surface area contributed by atoms with Crippen LogP contribution in [0.15, 0.2) is 42.5 Å². The molecule has 2 N–H and O–H groups in total. The molecule has 0 aliphatic carbocycles. The lowest BCUT2D eigenvalue weighted by Gasteiger charge is -2.07. The van der Waals surface area contributed by atoms with Crippen molar-refractivity contribution in [1.82, 2.24) is 0 Å². The number of hydrogen-bond acceptors (Lipinski definition) is 2. The highest BCUT2D eigenvalue weighted by Gasteiger charge is 2.13. The van der Waals surface area contributed by atoms with Gasteiger partial charge < -0.3 is 10.4 Å². The largest absolute Gasteiger partial charge is 0.508 e. The van der Waals surface area contributed by atoms with Crippen LogP contribution in [-0.4, -0.2) is 11.0 Å². The lowest BCUT2D eigenvalue weighted by molar-refractivity contribution is 0.102. The van der Waals surface area contributed by atoms with Crippen LogP contribution >= 0.6 is 0 Å². The molecule has 0 atom stereocenters. The van der Waals surface area contributed by atoms with Gasteiger partial charge in [-0.2, -0.15) is 0 Å². The van der Waals surface area contributed by atoms with Crippen LogP contribution < -0.4 is 5.32 Å². The maximum Gasteiger partial charge on any atom is 0.258 e. The SMILES string of the molecule is Cc1cccc(C(=O)Nc2cccc(O)c2)c1F. The number of phenolic OH excluding ortho intramolecular Hbond substituents is 1. The molecule has 0 fully saturated rings. The highest BCUT2D eigenvalue weighted by molar-refractivity contribution is 6.04. The van der Waals surface area contributed by atoms with Gasteiger partial charge in [-0.1, -0.05) is 18.2 Å². The molecule has 0 spiro atoms. The Labute approximate surface area is 104 Å². The van der Waals surface area contributed by atoms with Crippen LogP contribution in [0.2, 0.25) is 0 Å². The highest BCUT2D eigenvalue weighted by atomic mass is 19.1. The molecule has 0 bridgehead atoms. The Morgan fingerprint density at radius 3 is 2.67 bits per heavy atom. The highest BCUT2D eigenvalue weighted by Crippen LogP contribution is 2.18. The normalized spacial score (nSPS) is 10.1. The fourth-order valence-electron chi connectivity index (χ4n) is 1.60. The molecule has 0 aliphatic rings. The molecule has 4 heteroatoms. The van der Waals surface area contributed by atoms with Crippen LogP contribution in [0.25, 0.3) is 0 Å². The summed E-state index contributed by atoms with van der Waals surface area (Å²) in [7, 11) is 0. The van der Waals surface area contributed by atoms with Gasteiger partial charge in [0, 0.05) is 11.8 Å². The van der Waals surface area contributed by atoms with Crippen molar-refractivity contribution in [3.63, 3.8) is 0 Å². The van der Waals surface area contributed by atoms with Crippen LogP contribution in [0.5, 0.6) is 5.75 Å². The lowest BCUT2D eigenvalue weighted by atomic mass is 10.1. The Kier molecular flexibility index (Phi) is 3.28. The molecule has 2 aromatic rings. The van der Waals surface area contributed by atoms with Gasteiger partial charge in [0.1, 0.15) is 11.6 Å². The number of carbonyl (C=O) groups excluding carboxylic acids is 1. The van der Waals surface area contributed by atoms with Crippen LogP contribution in [0.3, 0.4) is 0 Å². The van der Waals surface area contributed by atoms with Gasteiger partial charge in [0.05, 0.1) is 5.56 Å². The first-order chi connectivity index (χ1) is 8.58. The molecule has 0 saturated heterocycles. The van der Waals surface area contributed by atoms with Crippen molar-refractivity contribution in [2.45, 2.75) is 6.92 Å². The molecule has 18 heavy (non-hydrogen) atoms. The summed E-state index contributed by atoms with van der Waals surface area (Å²) < 4.78 is 13.7. The summed E-state index contributed by atoms with van der Waals surface area (Å²) in [6.45, 7) is 1.60. The number of hydrogen-bond donors (Lipinski definition) is 2. The summed E-state index contributed by atoms with van der Waals surface area (Å²) in [4.78, 5) is 11.9. The van der Waals surface area contributed by atoms with Gasteiger partial charge in [0.25, 0.3) is 5.91 Å². The summed E-state index contributed by atoms with van der Waals surface area (Å²) in [5, 5.41) is 11.8. The monoisotopic (exact) mass is 245 g/mol. The molecule has 3 nitrogen and oxygen atoms in total. The van der Waals surface area contributed by atoms with Crippen LogP contribution in [0, 0.1) is 12.7 Å². The Bertz CT molecular complexity index is 596. The summed E-state index contributed by atoms with van der Waals surface area (Å²) in [6, 6.07) is 10.7. The lowest BCUT2D eigenvalue weighted by Crippen LogP contribution is -2.14. The van der Waals surface area contributed by atoms with Crippen molar-refractivity contribution >= 4 is 11.6 Å². The fraction of sp³-hybridized carbons (Fsp3) is 0.0714. The molecule has 0 unspecified atom stereocenters. The number of halogens is 1. The number of aryl methyl sites for hydroxylation is 1. The third-order valence-corrected chi connectivity index (χ3v) is 2.54. The molecule has 1 amide bonds. The summed E-state index contributed by atoms with van der Waals surface area (Å²) in [5.74, 6) is -1.03. The minimum atomic E-state index is -0.540. The first-order valence-corrected chi connectivity index (χ1v) is 5.43. The third-order valence-electron chi connectivity index (χ3n) is 2.54. The zero-order valence-corrected chi connectivity index (χ0v) is 9.77. The van der Waals surface area contributed by atoms with Crippen molar-refractivity contribution in [2.75, 3.05) is 5.32 Å². The standard InChI is InChI=1S/C14H12FNO2/c1-9-4-2-7-12(13(9)15)14(18)16-10-5-3-6-11(17)8-10/h2-8,17H,1H3,(H,16,18). The second kappa shape index (κ2) is 4.87. The average Bonchev–Trinajstić information content (AvgIpc) is 2.32. The number of nitrogens with one attached hydrogen (secondary N) is 1. The molecule has 0 saturated carbocycles. The van der Waals surface area contributed by atoms with E-state index in [-0.39, 0.29) is 11.3 Å². The Morgan fingerprint density at radius 1 is 1.22 bits per heavy atom. The van der Waals surface area contributed by atoms with Crippen molar-refractivity contribution in [3.8, 4) is 5.75 Å². The van der Waals surface area contributed by atoms with E-state index in [0.29, 0.717) is 11.3 Å². The second-order valence-electron chi connectivity index (χ2n) is 3.94. The zero-order valence-electron chi connectivity index (χ0n) is 9.77. The summed E-state index contributed by atoms with van der Waals surface area (Å²) >= 11 is 0. The van der Waals surface area contributed by atoms with Gasteiger partial charge >= 0.3 is 0 Å². The zero-order chi connectivity index (χ0) is 13.1. The molecular formula is C14H12FNO2. The van der Waals surface area contributed by atoms with E-state index in [1.807, 2.05) is 0 Å². The number of carbonyl (C=O) groups is 1. The molecule has 2 aromatic carbocycles. The molecule has 0 heterocycles. The predicted molar refractivity (Wildman–Crippen MR) is 67.2 cm³/mol. The van der Waals surface area contributed by atoms with Gasteiger partial charge in [-0.15, -0.1) is 0 Å². The van der Waals surface area contributed by atoms with Crippen molar-refractivity contribution < 1.29 is 14.3 Å². The number of benzene rings is 2. The smallest absolute Gasteiger partial charge is 0.258 e. The number of rotatable bonds is 2. The summed E-state index contributed by atoms with van der Waals surface area (Å²) in [5.41, 5.74) is 0.817. The van der Waals surface area contributed by atoms with Crippen molar-refractivity contribution in [3.05, 3.63) is 59.4 Å². The van der Waals surface area contributed by atoms with E-state index >= 15 is 0 Å². The number of amides is 1. The van der Waals surface area contributed by atoms with E-state index in [2.05, 4.69) is 5.32 Å². The molecular weight excluding hydrogens is 233 g/mol. The van der Waals surface area contributed by atoms with E-state index in [1.165, 1.54) is 18.2 Å². The van der Waals surface area contributed by atoms with Crippen LogP contribution in [0.4, 0.5) is 10.1 Å². The fourth-order valence-corrected chi connectivity index (χ4v) is 1.60. The van der Waals surface area contributed by atoms with Crippen molar-refractivity contribution in [2.24, 2.45) is 0 Å². The first-order valence-electron chi connectivity index (χ1n) is 5.43. The molecule has 0 aromatic heterocycles. The van der Waals surface area contributed by atoms with Gasteiger partial charge in [-0.3, -0.25) is 4.79 Å². The minimum absolute atomic E-state index is 0.0154. The minimum Gasteiger partial charge on any atom is -0.508 e. The van der Waals surface area contributed by atoms with Crippen LogP contribution in [-0.2, 0) is 0 Å². The maximum absolute atomic E-state index is 13.7. The van der Waals surface area contributed by atoms with Gasteiger partial charge in [-0.25, -0.2) is 4.39 Å². The Balaban J connectivity index is 2.25. The van der Waals surface area contributed by atoms with E-state index in [0.717, 1.165) is 0 Å². The van der Waals surface area contributed by atoms with E-state index in [9.17, 15) is 14.3 Å². The Hall–Kier alpha value is -2.36. The van der Waals surface area contributed by atoms with Gasteiger partial charge in [-0.05, 0) is 30.7 Å². The maximum atomic E-state index is 13.7. The van der Waals surface area contributed by atoms with Gasteiger partial charge in [0.15, 0.2) is 0 Å². The first kappa shape index (κ1) is 12.1. The summed E-state index contributed by atoms with van der Waals surface area (Å²) in [6.07, 6.45) is 0. The van der Waals surface area contributed by atoms with Gasteiger partial charge in [0.2, 0.25) is 0 Å². The van der Waals surface area contributed by atoms with Crippen LogP contribution in [0.1, 0.15) is 15.9 Å². The second-order valence-corrected chi connectivity index (χ2v) is 3.94. The topological polar surface area (TPSA) is 49.3 Å².